The molecule has 0 saturated carbocycles. The number of benzene rings is 1. The van der Waals surface area contributed by atoms with Crippen LogP contribution in [0.25, 0.3) is 11.3 Å². The zero-order chi connectivity index (χ0) is 16.9. The Labute approximate surface area is 140 Å². The van der Waals surface area contributed by atoms with Gasteiger partial charge in [-0.2, -0.15) is 0 Å². The number of nitrogen functional groups attached to an aromatic ring is 1. The SMILES string of the molecule is CO[C@@H]1COCC[C@H]1NC(=O)c1cnc(N)nc1-c1ccccc1. The number of carbonyl (C=O) groups is 1. The monoisotopic (exact) mass is 328 g/mol. The smallest absolute Gasteiger partial charge is 0.255 e. The van der Waals surface area contributed by atoms with Gasteiger partial charge in [0.05, 0.1) is 23.9 Å². The van der Waals surface area contributed by atoms with Crippen LogP contribution in [0, 0.1) is 0 Å². The molecule has 2 heterocycles. The molecule has 0 spiro atoms. The zero-order valence-corrected chi connectivity index (χ0v) is 13.4. The van der Waals surface area contributed by atoms with Crippen molar-refractivity contribution < 1.29 is 14.3 Å². The molecule has 1 amide bonds. The Kier molecular flexibility index (Phi) is 5.02. The molecule has 2 aromatic rings. The van der Waals surface area contributed by atoms with Gasteiger partial charge in [0.15, 0.2) is 0 Å². The van der Waals surface area contributed by atoms with Crippen LogP contribution in [0.15, 0.2) is 36.5 Å². The molecule has 0 radical (unpaired) electrons. The van der Waals surface area contributed by atoms with E-state index in [2.05, 4.69) is 15.3 Å². The lowest BCUT2D eigenvalue weighted by Gasteiger charge is -2.31. The van der Waals surface area contributed by atoms with Crippen LogP contribution in [-0.2, 0) is 9.47 Å². The van der Waals surface area contributed by atoms with Gasteiger partial charge in [-0.25, -0.2) is 9.97 Å². The molecule has 1 aromatic heterocycles. The first-order valence-electron chi connectivity index (χ1n) is 7.78. The quantitative estimate of drug-likeness (QED) is 0.876. The van der Waals surface area contributed by atoms with Crippen LogP contribution < -0.4 is 11.1 Å². The van der Waals surface area contributed by atoms with E-state index in [4.69, 9.17) is 15.2 Å². The summed E-state index contributed by atoms with van der Waals surface area (Å²) in [6, 6.07) is 9.32. The first-order chi connectivity index (χ1) is 11.7. The second-order valence-electron chi connectivity index (χ2n) is 5.57. The van der Waals surface area contributed by atoms with Crippen LogP contribution in [-0.4, -0.2) is 48.3 Å². The lowest BCUT2D eigenvalue weighted by molar-refractivity contribution is -0.0479. The van der Waals surface area contributed by atoms with Gasteiger partial charge in [0.2, 0.25) is 5.95 Å². The van der Waals surface area contributed by atoms with E-state index in [0.717, 1.165) is 5.56 Å². The fraction of sp³-hybridized carbons (Fsp3) is 0.353. The molecule has 1 aromatic carbocycles. The number of nitrogens with one attached hydrogen (secondary N) is 1. The molecule has 0 unspecified atom stereocenters. The van der Waals surface area contributed by atoms with E-state index in [-0.39, 0.29) is 24.0 Å². The van der Waals surface area contributed by atoms with Gasteiger partial charge in [0.1, 0.15) is 6.10 Å². The summed E-state index contributed by atoms with van der Waals surface area (Å²) in [5, 5.41) is 3.00. The van der Waals surface area contributed by atoms with Gasteiger partial charge in [-0.3, -0.25) is 4.79 Å². The van der Waals surface area contributed by atoms with Crippen molar-refractivity contribution in [2.24, 2.45) is 0 Å². The van der Waals surface area contributed by atoms with Crippen molar-refractivity contribution in [2.75, 3.05) is 26.1 Å². The number of methoxy groups -OCH3 is 1. The van der Waals surface area contributed by atoms with Crippen molar-refractivity contribution in [1.29, 1.82) is 0 Å². The number of hydrogen-bond acceptors (Lipinski definition) is 6. The lowest BCUT2D eigenvalue weighted by Crippen LogP contribution is -2.49. The van der Waals surface area contributed by atoms with Crippen molar-refractivity contribution in [2.45, 2.75) is 18.6 Å². The number of anilines is 1. The fourth-order valence-electron chi connectivity index (χ4n) is 2.73. The number of rotatable bonds is 4. The molecule has 0 aliphatic carbocycles. The standard InChI is InChI=1S/C17H20N4O3/c1-23-14-10-24-8-7-13(14)20-16(22)12-9-19-17(18)21-15(12)11-5-3-2-4-6-11/h2-6,9,13-14H,7-8,10H2,1H3,(H,20,22)(H2,18,19,21)/t13-,14-/m1/s1. The van der Waals surface area contributed by atoms with Gasteiger partial charge >= 0.3 is 0 Å². The first kappa shape index (κ1) is 16.4. The average molecular weight is 328 g/mol. The summed E-state index contributed by atoms with van der Waals surface area (Å²) in [5.74, 6) is -0.117. The minimum Gasteiger partial charge on any atom is -0.379 e. The summed E-state index contributed by atoms with van der Waals surface area (Å²) in [6.45, 7) is 1.06. The normalized spacial score (nSPS) is 20.5. The van der Waals surface area contributed by atoms with Crippen molar-refractivity contribution >= 4 is 11.9 Å². The van der Waals surface area contributed by atoms with Crippen molar-refractivity contribution in [3.63, 3.8) is 0 Å². The van der Waals surface area contributed by atoms with Gasteiger partial charge in [0.25, 0.3) is 5.91 Å². The van der Waals surface area contributed by atoms with E-state index < -0.39 is 0 Å². The Hall–Kier alpha value is -2.51. The van der Waals surface area contributed by atoms with Crippen LogP contribution in [0.5, 0.6) is 0 Å². The van der Waals surface area contributed by atoms with E-state index >= 15 is 0 Å². The minimum atomic E-state index is -0.247. The Morgan fingerprint density at radius 2 is 2.17 bits per heavy atom. The molecular weight excluding hydrogens is 308 g/mol. The molecule has 7 heteroatoms. The van der Waals surface area contributed by atoms with Crippen LogP contribution in [0.3, 0.4) is 0 Å². The zero-order valence-electron chi connectivity index (χ0n) is 13.4. The Bertz CT molecular complexity index is 708. The van der Waals surface area contributed by atoms with Gasteiger partial charge < -0.3 is 20.5 Å². The molecule has 126 valence electrons. The third-order valence-corrected chi connectivity index (χ3v) is 4.02. The molecule has 7 nitrogen and oxygen atoms in total. The largest absolute Gasteiger partial charge is 0.379 e. The highest BCUT2D eigenvalue weighted by atomic mass is 16.5. The molecule has 1 saturated heterocycles. The van der Waals surface area contributed by atoms with E-state index in [1.165, 1.54) is 6.20 Å². The molecular formula is C17H20N4O3. The van der Waals surface area contributed by atoms with Crippen molar-refractivity contribution in [1.82, 2.24) is 15.3 Å². The Balaban J connectivity index is 1.87. The first-order valence-corrected chi connectivity index (χ1v) is 7.78. The average Bonchev–Trinajstić information content (AvgIpc) is 2.62. The second kappa shape index (κ2) is 7.37. The topological polar surface area (TPSA) is 99.4 Å². The van der Waals surface area contributed by atoms with E-state index in [1.807, 2.05) is 30.3 Å². The summed E-state index contributed by atoms with van der Waals surface area (Å²) in [5.41, 5.74) is 7.42. The van der Waals surface area contributed by atoms with Crippen molar-refractivity contribution in [3.8, 4) is 11.3 Å². The second-order valence-corrected chi connectivity index (χ2v) is 5.57. The third-order valence-electron chi connectivity index (χ3n) is 4.02. The van der Waals surface area contributed by atoms with Crippen molar-refractivity contribution in [3.05, 3.63) is 42.1 Å². The van der Waals surface area contributed by atoms with Crippen LogP contribution >= 0.6 is 0 Å². The number of amides is 1. The third kappa shape index (κ3) is 3.52. The Morgan fingerprint density at radius 1 is 1.38 bits per heavy atom. The molecule has 1 aliphatic heterocycles. The van der Waals surface area contributed by atoms with Crippen LogP contribution in [0.2, 0.25) is 0 Å². The summed E-state index contributed by atoms with van der Waals surface area (Å²) >= 11 is 0. The number of hydrogen-bond donors (Lipinski definition) is 2. The molecule has 2 atom stereocenters. The maximum atomic E-state index is 12.8. The number of nitrogens with two attached hydrogens (primary N) is 1. The predicted octanol–water partition coefficient (Wildman–Crippen LogP) is 1.26. The predicted molar refractivity (Wildman–Crippen MR) is 89.4 cm³/mol. The summed E-state index contributed by atoms with van der Waals surface area (Å²) < 4.78 is 10.8. The lowest BCUT2D eigenvalue weighted by atomic mass is 10.0. The highest BCUT2D eigenvalue weighted by molar-refractivity contribution is 6.00. The highest BCUT2D eigenvalue weighted by Crippen LogP contribution is 2.22. The molecule has 1 aliphatic rings. The van der Waals surface area contributed by atoms with E-state index in [0.29, 0.717) is 30.9 Å². The highest BCUT2D eigenvalue weighted by Gasteiger charge is 2.28. The number of nitrogens with zero attached hydrogens (tertiary/aromatic N) is 2. The van der Waals surface area contributed by atoms with Gasteiger partial charge in [-0.05, 0) is 6.42 Å². The number of aromatic nitrogens is 2. The van der Waals surface area contributed by atoms with Gasteiger partial charge in [-0.1, -0.05) is 30.3 Å². The maximum Gasteiger partial charge on any atom is 0.255 e. The fourth-order valence-corrected chi connectivity index (χ4v) is 2.73. The minimum absolute atomic E-state index is 0.113. The summed E-state index contributed by atoms with van der Waals surface area (Å²) in [7, 11) is 1.61. The van der Waals surface area contributed by atoms with Gasteiger partial charge in [-0.15, -0.1) is 0 Å². The molecule has 0 bridgehead atoms. The van der Waals surface area contributed by atoms with E-state index in [1.54, 1.807) is 7.11 Å². The van der Waals surface area contributed by atoms with Crippen LogP contribution in [0.1, 0.15) is 16.8 Å². The summed E-state index contributed by atoms with van der Waals surface area (Å²) in [6.07, 6.45) is 1.99. The molecule has 3 N–H and O–H groups in total. The number of carbonyl (C=O) groups excluding carboxylic acids is 1. The number of ether oxygens (including phenoxy) is 2. The Morgan fingerprint density at radius 3 is 2.92 bits per heavy atom. The van der Waals surface area contributed by atoms with Gasteiger partial charge in [0, 0.05) is 25.5 Å². The van der Waals surface area contributed by atoms with Crippen LogP contribution in [0.4, 0.5) is 5.95 Å². The molecule has 24 heavy (non-hydrogen) atoms. The molecule has 3 rings (SSSR count). The summed E-state index contributed by atoms with van der Waals surface area (Å²) in [4.78, 5) is 21.0. The van der Waals surface area contributed by atoms with E-state index in [9.17, 15) is 4.79 Å². The maximum absolute atomic E-state index is 12.8. The molecule has 1 fully saturated rings.